The van der Waals surface area contributed by atoms with Crippen LogP contribution in [0.15, 0.2) is 12.1 Å². The zero-order valence-electron chi connectivity index (χ0n) is 8.48. The topological polar surface area (TPSA) is 28.7 Å². The fourth-order valence-corrected chi connectivity index (χ4v) is 1.52. The molecule has 80 valence electrons. The van der Waals surface area contributed by atoms with E-state index in [9.17, 15) is 8.78 Å². The lowest BCUT2D eigenvalue weighted by Gasteiger charge is -1.91. The maximum atomic E-state index is 12.9. The second kappa shape index (κ2) is 3.96. The maximum absolute atomic E-state index is 12.9. The Hall–Kier alpha value is -1.45. The third-order valence-electron chi connectivity index (χ3n) is 2.34. The molecule has 0 amide bonds. The minimum absolute atomic E-state index is 0.486. The van der Waals surface area contributed by atoms with E-state index in [1.54, 1.807) is 0 Å². The number of imidazole rings is 1. The molecule has 0 saturated carbocycles. The summed E-state index contributed by atoms with van der Waals surface area (Å²) >= 11 is 0. The van der Waals surface area contributed by atoms with Gasteiger partial charge < -0.3 is 4.98 Å². The number of aromatic amines is 1. The maximum Gasteiger partial charge on any atom is 0.161 e. The lowest BCUT2D eigenvalue weighted by molar-refractivity contribution is 0.510. The number of fused-ring (bicyclic) bond motifs is 1. The van der Waals surface area contributed by atoms with Crippen molar-refractivity contribution < 1.29 is 8.78 Å². The molecule has 0 saturated heterocycles. The van der Waals surface area contributed by atoms with E-state index >= 15 is 0 Å². The number of nitrogens with one attached hydrogen (secondary N) is 1. The highest BCUT2D eigenvalue weighted by molar-refractivity contribution is 5.75. The van der Waals surface area contributed by atoms with Crippen LogP contribution in [0.25, 0.3) is 11.0 Å². The minimum atomic E-state index is -0.851. The summed E-state index contributed by atoms with van der Waals surface area (Å²) < 4.78 is 25.8. The summed E-state index contributed by atoms with van der Waals surface area (Å²) in [5.74, 6) is -0.902. The Balaban J connectivity index is 2.38. The van der Waals surface area contributed by atoms with E-state index < -0.39 is 11.6 Å². The first-order valence-electron chi connectivity index (χ1n) is 5.04. The van der Waals surface area contributed by atoms with Crippen molar-refractivity contribution in [2.24, 2.45) is 0 Å². The van der Waals surface area contributed by atoms with Gasteiger partial charge in [-0.2, -0.15) is 0 Å². The molecule has 0 atom stereocenters. The number of unbranched alkanes of at least 4 members (excludes halogenated alkanes) is 1. The summed E-state index contributed by atoms with van der Waals surface area (Å²) in [6, 6.07) is 2.27. The normalized spacial score (nSPS) is 11.1. The SMILES string of the molecule is CCCCc1nc2cc(F)c(F)cc2[nH]1. The van der Waals surface area contributed by atoms with Gasteiger partial charge in [0.1, 0.15) is 5.82 Å². The van der Waals surface area contributed by atoms with E-state index in [0.717, 1.165) is 37.2 Å². The quantitative estimate of drug-likeness (QED) is 0.828. The number of rotatable bonds is 3. The number of hydrogen-bond acceptors (Lipinski definition) is 1. The molecule has 15 heavy (non-hydrogen) atoms. The van der Waals surface area contributed by atoms with Gasteiger partial charge in [0.25, 0.3) is 0 Å². The molecule has 0 aliphatic heterocycles. The molecule has 0 aliphatic carbocycles. The van der Waals surface area contributed by atoms with Crippen molar-refractivity contribution >= 4 is 11.0 Å². The van der Waals surface area contributed by atoms with E-state index in [2.05, 4.69) is 16.9 Å². The van der Waals surface area contributed by atoms with Crippen LogP contribution >= 0.6 is 0 Å². The molecule has 0 radical (unpaired) electrons. The Bertz CT molecular complexity index is 438. The lowest BCUT2D eigenvalue weighted by atomic mass is 10.2. The van der Waals surface area contributed by atoms with Gasteiger partial charge in [-0.1, -0.05) is 13.3 Å². The highest BCUT2D eigenvalue weighted by Crippen LogP contribution is 2.16. The molecule has 0 aliphatic rings. The number of H-pyrrole nitrogens is 1. The zero-order chi connectivity index (χ0) is 10.8. The summed E-state index contributed by atoms with van der Waals surface area (Å²) in [6.45, 7) is 2.09. The molecule has 2 nitrogen and oxygen atoms in total. The Morgan fingerprint density at radius 3 is 2.73 bits per heavy atom. The molecule has 2 aromatic rings. The molecule has 0 fully saturated rings. The molecule has 1 aromatic carbocycles. The summed E-state index contributed by atoms with van der Waals surface area (Å²) in [5.41, 5.74) is 1.04. The summed E-state index contributed by atoms with van der Waals surface area (Å²) in [7, 11) is 0. The first-order valence-corrected chi connectivity index (χ1v) is 5.04. The van der Waals surface area contributed by atoms with Crippen molar-refractivity contribution in [2.75, 3.05) is 0 Å². The Morgan fingerprint density at radius 1 is 1.27 bits per heavy atom. The fraction of sp³-hybridized carbons (Fsp3) is 0.364. The van der Waals surface area contributed by atoms with E-state index in [4.69, 9.17) is 0 Å². The molecule has 0 unspecified atom stereocenters. The first kappa shape index (κ1) is 10.1. The number of nitrogens with zero attached hydrogens (tertiary/aromatic N) is 1. The summed E-state index contributed by atoms with van der Waals surface area (Å²) in [6.07, 6.45) is 2.90. The molecule has 0 bridgehead atoms. The summed E-state index contributed by atoms with van der Waals surface area (Å²) in [5, 5.41) is 0. The van der Waals surface area contributed by atoms with E-state index in [1.807, 2.05) is 0 Å². The van der Waals surface area contributed by atoms with Crippen LogP contribution < -0.4 is 0 Å². The number of benzene rings is 1. The zero-order valence-corrected chi connectivity index (χ0v) is 8.48. The van der Waals surface area contributed by atoms with Gasteiger partial charge >= 0.3 is 0 Å². The van der Waals surface area contributed by atoms with Crippen LogP contribution in [0.1, 0.15) is 25.6 Å². The molecular weight excluding hydrogens is 198 g/mol. The molecule has 2 rings (SSSR count). The van der Waals surface area contributed by atoms with E-state index in [1.165, 1.54) is 0 Å². The second-order valence-electron chi connectivity index (χ2n) is 3.57. The van der Waals surface area contributed by atoms with E-state index in [0.29, 0.717) is 11.0 Å². The number of aryl methyl sites for hydroxylation is 1. The highest BCUT2D eigenvalue weighted by atomic mass is 19.2. The number of halogens is 2. The standard InChI is InChI=1S/C11H12F2N2/c1-2-3-4-11-14-9-5-7(12)8(13)6-10(9)15-11/h5-6H,2-4H2,1H3,(H,14,15). The molecule has 1 heterocycles. The van der Waals surface area contributed by atoms with Gasteiger partial charge in [-0.15, -0.1) is 0 Å². The van der Waals surface area contributed by atoms with Crippen molar-refractivity contribution in [3.63, 3.8) is 0 Å². The van der Waals surface area contributed by atoms with Gasteiger partial charge in [-0.25, -0.2) is 13.8 Å². The van der Waals surface area contributed by atoms with Gasteiger partial charge in [-0.05, 0) is 6.42 Å². The number of aromatic nitrogens is 2. The van der Waals surface area contributed by atoms with Crippen LogP contribution in [-0.2, 0) is 6.42 Å². The first-order chi connectivity index (χ1) is 7.20. The number of hydrogen-bond donors (Lipinski definition) is 1. The average Bonchev–Trinajstić information content (AvgIpc) is 2.58. The average molecular weight is 210 g/mol. The predicted molar refractivity (Wildman–Crippen MR) is 54.6 cm³/mol. The van der Waals surface area contributed by atoms with Crippen LogP contribution in [-0.4, -0.2) is 9.97 Å². The molecule has 0 spiro atoms. The minimum Gasteiger partial charge on any atom is -0.342 e. The van der Waals surface area contributed by atoms with Crippen molar-refractivity contribution in [2.45, 2.75) is 26.2 Å². The third-order valence-corrected chi connectivity index (χ3v) is 2.34. The van der Waals surface area contributed by atoms with Crippen LogP contribution in [0, 0.1) is 11.6 Å². The van der Waals surface area contributed by atoms with Gasteiger partial charge in [0.2, 0.25) is 0 Å². The van der Waals surface area contributed by atoms with Gasteiger partial charge in [0.15, 0.2) is 11.6 Å². The van der Waals surface area contributed by atoms with Gasteiger partial charge in [0.05, 0.1) is 11.0 Å². The van der Waals surface area contributed by atoms with E-state index in [-0.39, 0.29) is 0 Å². The van der Waals surface area contributed by atoms with Crippen LogP contribution in [0.2, 0.25) is 0 Å². The van der Waals surface area contributed by atoms with Crippen LogP contribution in [0.3, 0.4) is 0 Å². The Kier molecular flexibility index (Phi) is 2.66. The monoisotopic (exact) mass is 210 g/mol. The lowest BCUT2D eigenvalue weighted by Crippen LogP contribution is -1.86. The molecular formula is C11H12F2N2. The predicted octanol–water partition coefficient (Wildman–Crippen LogP) is 3.18. The third kappa shape index (κ3) is 1.98. The van der Waals surface area contributed by atoms with Crippen molar-refractivity contribution in [1.82, 2.24) is 9.97 Å². The van der Waals surface area contributed by atoms with Crippen molar-refractivity contribution in [3.05, 3.63) is 29.6 Å². The van der Waals surface area contributed by atoms with Crippen LogP contribution in [0.4, 0.5) is 8.78 Å². The molecule has 1 N–H and O–H groups in total. The van der Waals surface area contributed by atoms with Crippen molar-refractivity contribution in [3.8, 4) is 0 Å². The van der Waals surface area contributed by atoms with Gasteiger partial charge in [0, 0.05) is 18.6 Å². The largest absolute Gasteiger partial charge is 0.342 e. The Labute approximate surface area is 86.3 Å². The molecule has 1 aromatic heterocycles. The van der Waals surface area contributed by atoms with Crippen LogP contribution in [0.5, 0.6) is 0 Å². The fourth-order valence-electron chi connectivity index (χ4n) is 1.52. The Morgan fingerprint density at radius 2 is 2.00 bits per heavy atom. The summed E-state index contributed by atoms with van der Waals surface area (Å²) in [4.78, 5) is 7.17. The second-order valence-corrected chi connectivity index (χ2v) is 3.57. The smallest absolute Gasteiger partial charge is 0.161 e. The highest BCUT2D eigenvalue weighted by Gasteiger charge is 2.07. The van der Waals surface area contributed by atoms with Gasteiger partial charge in [-0.3, -0.25) is 0 Å². The van der Waals surface area contributed by atoms with Crippen molar-refractivity contribution in [1.29, 1.82) is 0 Å². The molecule has 4 heteroatoms.